The minimum absolute atomic E-state index is 0.477. The summed E-state index contributed by atoms with van der Waals surface area (Å²) in [7, 11) is -3.17. The Morgan fingerprint density at radius 3 is 2.65 bits per heavy atom. The zero-order valence-corrected chi connectivity index (χ0v) is 16.1. The lowest BCUT2D eigenvalue weighted by atomic mass is 10.2. The molecule has 0 spiro atoms. The van der Waals surface area contributed by atoms with Crippen LogP contribution in [0.15, 0.2) is 41.1 Å². The van der Waals surface area contributed by atoms with Crippen LogP contribution in [0.4, 0.5) is 5.82 Å². The third kappa shape index (κ3) is 3.44. The molecule has 0 radical (unpaired) electrons. The SMILES string of the molecule is CS(=O)(=O)N1CCCN(c2nc(-c3ccsc3)nc3ccccc23)CC1. The van der Waals surface area contributed by atoms with Crippen LogP contribution in [-0.2, 0) is 10.0 Å². The Morgan fingerprint density at radius 1 is 1.04 bits per heavy atom. The zero-order valence-electron chi connectivity index (χ0n) is 14.5. The van der Waals surface area contributed by atoms with E-state index in [0.29, 0.717) is 25.5 Å². The predicted octanol–water partition coefficient (Wildman–Crippen LogP) is 2.83. The highest BCUT2D eigenvalue weighted by Crippen LogP contribution is 2.29. The number of fused-ring (bicyclic) bond motifs is 1. The second kappa shape index (κ2) is 6.94. The van der Waals surface area contributed by atoms with Crippen molar-refractivity contribution in [2.45, 2.75) is 6.42 Å². The van der Waals surface area contributed by atoms with Crippen molar-refractivity contribution in [2.75, 3.05) is 37.3 Å². The van der Waals surface area contributed by atoms with Gasteiger partial charge in [0, 0.05) is 42.5 Å². The van der Waals surface area contributed by atoms with Crippen molar-refractivity contribution in [3.8, 4) is 11.4 Å². The summed E-state index contributed by atoms with van der Waals surface area (Å²) >= 11 is 1.62. The minimum Gasteiger partial charge on any atom is -0.355 e. The van der Waals surface area contributed by atoms with Gasteiger partial charge in [-0.05, 0) is 30.0 Å². The summed E-state index contributed by atoms with van der Waals surface area (Å²) < 4.78 is 25.3. The fraction of sp³-hybridized carbons (Fsp3) is 0.333. The van der Waals surface area contributed by atoms with Gasteiger partial charge in [0.05, 0.1) is 11.8 Å². The van der Waals surface area contributed by atoms with Crippen LogP contribution in [0.2, 0.25) is 0 Å². The Morgan fingerprint density at radius 2 is 1.88 bits per heavy atom. The number of para-hydroxylation sites is 1. The Labute approximate surface area is 157 Å². The second-order valence-corrected chi connectivity index (χ2v) is 9.17. The van der Waals surface area contributed by atoms with Gasteiger partial charge in [-0.25, -0.2) is 22.7 Å². The van der Waals surface area contributed by atoms with Gasteiger partial charge >= 0.3 is 0 Å². The van der Waals surface area contributed by atoms with Gasteiger partial charge in [0.1, 0.15) is 5.82 Å². The number of sulfonamides is 1. The molecule has 0 atom stereocenters. The molecule has 0 amide bonds. The van der Waals surface area contributed by atoms with E-state index in [1.54, 1.807) is 15.6 Å². The number of nitrogens with zero attached hydrogens (tertiary/aromatic N) is 4. The lowest BCUT2D eigenvalue weighted by Gasteiger charge is -2.23. The molecule has 0 bridgehead atoms. The summed E-state index contributed by atoms with van der Waals surface area (Å²) in [6, 6.07) is 10.0. The number of rotatable bonds is 3. The summed E-state index contributed by atoms with van der Waals surface area (Å²) in [5.41, 5.74) is 1.91. The van der Waals surface area contributed by atoms with Crippen molar-refractivity contribution < 1.29 is 8.42 Å². The van der Waals surface area contributed by atoms with E-state index >= 15 is 0 Å². The molecular formula is C18H20N4O2S2. The van der Waals surface area contributed by atoms with Crippen molar-refractivity contribution >= 4 is 38.1 Å². The molecule has 8 heteroatoms. The highest BCUT2D eigenvalue weighted by atomic mass is 32.2. The molecule has 136 valence electrons. The maximum Gasteiger partial charge on any atom is 0.211 e. The standard InChI is InChI=1S/C18H20N4O2S2/c1-26(23,24)22-9-4-8-21(10-11-22)18-15-5-2-3-6-16(15)19-17(20-18)14-7-12-25-13-14/h2-3,5-7,12-13H,4,8-11H2,1H3. The number of hydrogen-bond donors (Lipinski definition) is 0. The summed E-state index contributed by atoms with van der Waals surface area (Å²) in [6.07, 6.45) is 2.05. The van der Waals surface area contributed by atoms with E-state index in [9.17, 15) is 8.42 Å². The van der Waals surface area contributed by atoms with E-state index < -0.39 is 10.0 Å². The van der Waals surface area contributed by atoms with Gasteiger partial charge in [-0.2, -0.15) is 11.3 Å². The molecule has 4 rings (SSSR count). The molecule has 1 saturated heterocycles. The van der Waals surface area contributed by atoms with Crippen molar-refractivity contribution in [3.63, 3.8) is 0 Å². The van der Waals surface area contributed by atoms with Crippen LogP contribution in [0, 0.1) is 0 Å². The molecule has 0 unspecified atom stereocenters. The number of benzene rings is 1. The number of aromatic nitrogens is 2. The third-order valence-electron chi connectivity index (χ3n) is 4.59. The van der Waals surface area contributed by atoms with E-state index in [4.69, 9.17) is 9.97 Å². The number of anilines is 1. The van der Waals surface area contributed by atoms with Crippen LogP contribution < -0.4 is 4.90 Å². The van der Waals surface area contributed by atoms with Gasteiger partial charge in [0.25, 0.3) is 0 Å². The first-order valence-electron chi connectivity index (χ1n) is 8.52. The van der Waals surface area contributed by atoms with Crippen LogP contribution in [0.1, 0.15) is 6.42 Å². The normalized spacial score (nSPS) is 16.7. The summed E-state index contributed by atoms with van der Waals surface area (Å²) in [5, 5.41) is 5.06. The van der Waals surface area contributed by atoms with Crippen LogP contribution in [-0.4, -0.2) is 55.1 Å². The number of thiophene rings is 1. The fourth-order valence-corrected chi connectivity index (χ4v) is 4.77. The molecule has 0 saturated carbocycles. The molecule has 26 heavy (non-hydrogen) atoms. The fourth-order valence-electron chi connectivity index (χ4n) is 3.26. The van der Waals surface area contributed by atoms with Crippen LogP contribution >= 0.6 is 11.3 Å². The van der Waals surface area contributed by atoms with E-state index in [2.05, 4.69) is 4.90 Å². The average Bonchev–Trinajstić information content (AvgIpc) is 3.04. The zero-order chi connectivity index (χ0) is 18.1. The van der Waals surface area contributed by atoms with Crippen molar-refractivity contribution in [1.29, 1.82) is 0 Å². The van der Waals surface area contributed by atoms with Crippen molar-refractivity contribution in [2.24, 2.45) is 0 Å². The highest BCUT2D eigenvalue weighted by Gasteiger charge is 2.23. The highest BCUT2D eigenvalue weighted by molar-refractivity contribution is 7.88. The van der Waals surface area contributed by atoms with Gasteiger partial charge in [0.15, 0.2) is 5.82 Å². The van der Waals surface area contributed by atoms with Gasteiger partial charge in [-0.3, -0.25) is 0 Å². The molecule has 0 N–H and O–H groups in total. The predicted molar refractivity (Wildman–Crippen MR) is 106 cm³/mol. The Hall–Kier alpha value is -2.03. The Kier molecular flexibility index (Phi) is 4.64. The van der Waals surface area contributed by atoms with Crippen LogP contribution in [0.25, 0.3) is 22.3 Å². The van der Waals surface area contributed by atoms with Crippen molar-refractivity contribution in [1.82, 2.24) is 14.3 Å². The lowest BCUT2D eigenvalue weighted by Crippen LogP contribution is -2.34. The molecular weight excluding hydrogens is 368 g/mol. The summed E-state index contributed by atoms with van der Waals surface area (Å²) in [4.78, 5) is 11.7. The molecule has 1 aliphatic rings. The van der Waals surface area contributed by atoms with Crippen LogP contribution in [0.3, 0.4) is 0 Å². The van der Waals surface area contributed by atoms with E-state index in [-0.39, 0.29) is 0 Å². The molecule has 2 aromatic heterocycles. The molecule has 3 heterocycles. The maximum atomic E-state index is 11.9. The summed E-state index contributed by atoms with van der Waals surface area (Å²) in [5.74, 6) is 1.59. The lowest BCUT2D eigenvalue weighted by molar-refractivity contribution is 0.437. The first kappa shape index (κ1) is 17.4. The molecule has 0 aliphatic carbocycles. The average molecular weight is 389 g/mol. The Balaban J connectivity index is 1.75. The molecule has 1 aliphatic heterocycles. The topological polar surface area (TPSA) is 66.4 Å². The van der Waals surface area contributed by atoms with E-state index in [0.717, 1.165) is 35.2 Å². The smallest absolute Gasteiger partial charge is 0.211 e. The van der Waals surface area contributed by atoms with Gasteiger partial charge in [0.2, 0.25) is 10.0 Å². The molecule has 1 aromatic carbocycles. The van der Waals surface area contributed by atoms with Gasteiger partial charge in [-0.15, -0.1) is 0 Å². The number of hydrogen-bond acceptors (Lipinski definition) is 6. The first-order valence-corrected chi connectivity index (χ1v) is 11.3. The van der Waals surface area contributed by atoms with E-state index in [1.165, 1.54) is 6.26 Å². The molecule has 1 fully saturated rings. The monoisotopic (exact) mass is 388 g/mol. The minimum atomic E-state index is -3.17. The van der Waals surface area contributed by atoms with Crippen LogP contribution in [0.5, 0.6) is 0 Å². The Bertz CT molecular complexity index is 1020. The van der Waals surface area contributed by atoms with E-state index in [1.807, 2.05) is 41.1 Å². The molecule has 6 nitrogen and oxygen atoms in total. The first-order chi connectivity index (χ1) is 12.5. The second-order valence-electron chi connectivity index (χ2n) is 6.40. The van der Waals surface area contributed by atoms with Gasteiger partial charge < -0.3 is 4.90 Å². The quantitative estimate of drug-likeness (QED) is 0.690. The summed E-state index contributed by atoms with van der Waals surface area (Å²) in [6.45, 7) is 2.42. The third-order valence-corrected chi connectivity index (χ3v) is 6.57. The van der Waals surface area contributed by atoms with Crippen molar-refractivity contribution in [3.05, 3.63) is 41.1 Å². The van der Waals surface area contributed by atoms with Gasteiger partial charge in [-0.1, -0.05) is 12.1 Å². The maximum absolute atomic E-state index is 11.9. The largest absolute Gasteiger partial charge is 0.355 e. The molecule has 3 aromatic rings.